The highest BCUT2D eigenvalue weighted by Crippen LogP contribution is 2.36. The van der Waals surface area contributed by atoms with Crippen LogP contribution in [-0.2, 0) is 4.79 Å². The van der Waals surface area contributed by atoms with Crippen LogP contribution in [0.3, 0.4) is 0 Å². The van der Waals surface area contributed by atoms with Crippen LogP contribution in [0, 0.1) is 0 Å². The number of nitrogens with zero attached hydrogens (tertiary/aromatic N) is 2. The van der Waals surface area contributed by atoms with Crippen molar-refractivity contribution >= 4 is 34.6 Å². The lowest BCUT2D eigenvalue weighted by Crippen LogP contribution is -2.28. The Hall–Kier alpha value is -2.93. The molecule has 1 heterocycles. The molecule has 1 fully saturated rings. The highest BCUT2D eigenvalue weighted by molar-refractivity contribution is 8.18. The number of amidine groups is 1. The summed E-state index contributed by atoms with van der Waals surface area (Å²) in [6.07, 6.45) is 1.79. The van der Waals surface area contributed by atoms with E-state index in [4.69, 9.17) is 9.47 Å². The number of methoxy groups -OCH3 is 2. The minimum atomic E-state index is -0.107. The van der Waals surface area contributed by atoms with Gasteiger partial charge in [-0.3, -0.25) is 9.69 Å². The Labute approximate surface area is 162 Å². The van der Waals surface area contributed by atoms with Crippen molar-refractivity contribution in [2.24, 2.45) is 4.99 Å². The number of rotatable bonds is 5. The van der Waals surface area contributed by atoms with Crippen molar-refractivity contribution in [1.82, 2.24) is 4.90 Å². The minimum absolute atomic E-state index is 0.107. The van der Waals surface area contributed by atoms with E-state index in [1.165, 1.54) is 11.8 Å². The predicted octanol–water partition coefficient (Wildman–Crippen LogP) is 4.03. The summed E-state index contributed by atoms with van der Waals surface area (Å²) >= 11 is 1.31. The lowest BCUT2D eigenvalue weighted by atomic mass is 10.1. The number of benzene rings is 2. The Bertz CT molecular complexity index is 907. The van der Waals surface area contributed by atoms with Crippen molar-refractivity contribution in [3.8, 4) is 17.2 Å². The summed E-state index contributed by atoms with van der Waals surface area (Å²) < 4.78 is 10.7. The molecule has 0 saturated carbocycles. The Morgan fingerprint density at radius 1 is 1.15 bits per heavy atom. The number of hydrogen-bond acceptors (Lipinski definition) is 6. The van der Waals surface area contributed by atoms with Crippen molar-refractivity contribution in [2.75, 3.05) is 20.8 Å². The number of aromatic hydroxyl groups is 1. The molecule has 2 aromatic rings. The first-order valence-electron chi connectivity index (χ1n) is 8.37. The lowest BCUT2D eigenvalue weighted by molar-refractivity contribution is -0.122. The zero-order valence-electron chi connectivity index (χ0n) is 15.3. The molecule has 2 aromatic carbocycles. The van der Waals surface area contributed by atoms with Gasteiger partial charge in [-0.05, 0) is 67.2 Å². The highest BCUT2D eigenvalue weighted by Gasteiger charge is 2.32. The number of hydrogen-bond donors (Lipinski definition) is 1. The second-order valence-corrected chi connectivity index (χ2v) is 6.69. The molecule has 1 amide bonds. The van der Waals surface area contributed by atoms with E-state index >= 15 is 0 Å². The molecule has 1 saturated heterocycles. The zero-order chi connectivity index (χ0) is 19.4. The predicted molar refractivity (Wildman–Crippen MR) is 108 cm³/mol. The van der Waals surface area contributed by atoms with Crippen LogP contribution in [-0.4, -0.2) is 41.8 Å². The fraction of sp³-hybridized carbons (Fsp3) is 0.200. The van der Waals surface area contributed by atoms with Gasteiger partial charge in [0.25, 0.3) is 5.91 Å². The maximum atomic E-state index is 12.8. The Morgan fingerprint density at radius 3 is 2.52 bits per heavy atom. The lowest BCUT2D eigenvalue weighted by Gasteiger charge is -2.12. The van der Waals surface area contributed by atoms with Gasteiger partial charge in [-0.15, -0.1) is 0 Å². The van der Waals surface area contributed by atoms with Crippen LogP contribution in [0.5, 0.6) is 17.2 Å². The van der Waals surface area contributed by atoms with E-state index in [2.05, 4.69) is 4.99 Å². The Kier molecular flexibility index (Phi) is 5.71. The minimum Gasteiger partial charge on any atom is -0.508 e. The number of aliphatic imine (C=N–C) groups is 1. The average molecular weight is 384 g/mol. The number of phenols is 1. The smallest absolute Gasteiger partial charge is 0.266 e. The first kappa shape index (κ1) is 18.8. The van der Waals surface area contributed by atoms with Crippen LogP contribution in [0.15, 0.2) is 52.4 Å². The third kappa shape index (κ3) is 4.09. The van der Waals surface area contributed by atoms with Gasteiger partial charge < -0.3 is 14.6 Å². The number of phenolic OH excluding ortho intramolecular Hbond substituents is 1. The number of carbonyl (C=O) groups excluding carboxylic acids is 1. The van der Waals surface area contributed by atoms with Gasteiger partial charge >= 0.3 is 0 Å². The SMILES string of the molecule is CCN1C(=O)/C(=C/c2cc(OC)ccc2OC)SC1=Nc1ccc(O)cc1. The summed E-state index contributed by atoms with van der Waals surface area (Å²) in [6, 6.07) is 12.0. The summed E-state index contributed by atoms with van der Waals surface area (Å²) in [7, 11) is 3.18. The van der Waals surface area contributed by atoms with Crippen molar-refractivity contribution in [1.29, 1.82) is 0 Å². The van der Waals surface area contributed by atoms with E-state index in [-0.39, 0.29) is 11.7 Å². The van der Waals surface area contributed by atoms with E-state index in [1.807, 2.05) is 13.0 Å². The first-order chi connectivity index (χ1) is 13.0. The fourth-order valence-corrected chi connectivity index (χ4v) is 3.65. The van der Waals surface area contributed by atoms with E-state index in [9.17, 15) is 9.90 Å². The number of likely N-dealkylation sites (N-methyl/N-ethyl adjacent to an activating group) is 1. The third-order valence-corrected chi connectivity index (χ3v) is 5.01. The van der Waals surface area contributed by atoms with E-state index < -0.39 is 0 Å². The third-order valence-electron chi connectivity index (χ3n) is 4.00. The molecule has 7 heteroatoms. The molecular weight excluding hydrogens is 364 g/mol. The van der Waals surface area contributed by atoms with Crippen LogP contribution in [0.2, 0.25) is 0 Å². The van der Waals surface area contributed by atoms with Crippen LogP contribution >= 0.6 is 11.8 Å². The van der Waals surface area contributed by atoms with Crippen molar-refractivity contribution in [2.45, 2.75) is 6.92 Å². The number of ether oxygens (including phenoxy) is 2. The Balaban J connectivity index is 1.97. The molecular formula is C20H20N2O4S. The quantitative estimate of drug-likeness (QED) is 0.788. The van der Waals surface area contributed by atoms with Gasteiger partial charge in [0.1, 0.15) is 17.2 Å². The molecule has 0 bridgehead atoms. The van der Waals surface area contributed by atoms with Crippen LogP contribution in [0.1, 0.15) is 12.5 Å². The van der Waals surface area contributed by atoms with Gasteiger partial charge in [0.15, 0.2) is 5.17 Å². The van der Waals surface area contributed by atoms with Crippen LogP contribution in [0.4, 0.5) is 5.69 Å². The molecule has 1 aliphatic rings. The summed E-state index contributed by atoms with van der Waals surface area (Å²) in [6.45, 7) is 2.41. The van der Waals surface area contributed by atoms with Gasteiger partial charge in [0.05, 0.1) is 24.8 Å². The van der Waals surface area contributed by atoms with E-state index in [0.717, 1.165) is 5.56 Å². The normalized spacial score (nSPS) is 17.0. The number of carbonyl (C=O) groups is 1. The number of thioether (sulfide) groups is 1. The molecule has 1 N–H and O–H groups in total. The summed E-state index contributed by atoms with van der Waals surface area (Å²) in [5.74, 6) is 1.41. The maximum Gasteiger partial charge on any atom is 0.266 e. The molecule has 27 heavy (non-hydrogen) atoms. The van der Waals surface area contributed by atoms with Gasteiger partial charge in [-0.25, -0.2) is 4.99 Å². The molecule has 0 unspecified atom stereocenters. The summed E-state index contributed by atoms with van der Waals surface area (Å²) in [5.41, 5.74) is 1.43. The standard InChI is InChI=1S/C20H20N2O4S/c1-4-22-19(24)18(12-13-11-16(25-2)9-10-17(13)26-3)27-20(22)21-14-5-7-15(23)8-6-14/h5-12,23H,4H2,1-3H3/b18-12-,21-20?. The molecule has 0 spiro atoms. The van der Waals surface area contributed by atoms with E-state index in [1.54, 1.807) is 61.6 Å². The van der Waals surface area contributed by atoms with Crippen molar-refractivity contribution < 1.29 is 19.4 Å². The molecule has 0 radical (unpaired) electrons. The van der Waals surface area contributed by atoms with Gasteiger partial charge in [0, 0.05) is 12.1 Å². The monoisotopic (exact) mass is 384 g/mol. The molecule has 0 aliphatic carbocycles. The summed E-state index contributed by atoms with van der Waals surface area (Å²) in [4.78, 5) is 19.5. The van der Waals surface area contributed by atoms with Crippen molar-refractivity contribution in [3.63, 3.8) is 0 Å². The molecule has 0 atom stereocenters. The molecule has 3 rings (SSSR count). The topological polar surface area (TPSA) is 71.4 Å². The van der Waals surface area contributed by atoms with Gasteiger partial charge in [-0.2, -0.15) is 0 Å². The molecule has 1 aliphatic heterocycles. The molecule has 0 aromatic heterocycles. The first-order valence-corrected chi connectivity index (χ1v) is 9.18. The molecule has 6 nitrogen and oxygen atoms in total. The fourth-order valence-electron chi connectivity index (χ4n) is 2.60. The zero-order valence-corrected chi connectivity index (χ0v) is 16.1. The second kappa shape index (κ2) is 8.18. The maximum absolute atomic E-state index is 12.8. The van der Waals surface area contributed by atoms with Crippen LogP contribution in [0.25, 0.3) is 6.08 Å². The molecule has 140 valence electrons. The summed E-state index contributed by atoms with van der Waals surface area (Å²) in [5, 5.41) is 10.0. The van der Waals surface area contributed by atoms with E-state index in [0.29, 0.717) is 33.8 Å². The van der Waals surface area contributed by atoms with Crippen molar-refractivity contribution in [3.05, 3.63) is 52.9 Å². The van der Waals surface area contributed by atoms with Crippen LogP contribution < -0.4 is 9.47 Å². The average Bonchev–Trinajstić information content (AvgIpc) is 2.97. The highest BCUT2D eigenvalue weighted by atomic mass is 32.2. The van der Waals surface area contributed by atoms with Gasteiger partial charge in [0.2, 0.25) is 0 Å². The second-order valence-electron chi connectivity index (χ2n) is 5.68. The van der Waals surface area contributed by atoms with Gasteiger partial charge in [-0.1, -0.05) is 0 Å². The largest absolute Gasteiger partial charge is 0.508 e. The Morgan fingerprint density at radius 2 is 1.89 bits per heavy atom. The number of amides is 1.